The van der Waals surface area contributed by atoms with E-state index in [0.717, 1.165) is 37.3 Å². The molecule has 0 amide bonds. The molecule has 0 aromatic carbocycles. The summed E-state index contributed by atoms with van der Waals surface area (Å²) in [7, 11) is 2.03. The van der Waals surface area contributed by atoms with Crippen LogP contribution in [0.4, 0.5) is 0 Å². The topological polar surface area (TPSA) is 41.3 Å². The molecule has 19 heavy (non-hydrogen) atoms. The second-order valence-corrected chi connectivity index (χ2v) is 6.04. The van der Waals surface area contributed by atoms with E-state index in [4.69, 9.17) is 0 Å². The minimum absolute atomic E-state index is 0.230. The maximum Gasteiger partial charge on any atom is 0.122 e. The normalized spacial score (nSPS) is 24.0. The zero-order chi connectivity index (χ0) is 13.7. The first-order valence-electron chi connectivity index (χ1n) is 7.48. The van der Waals surface area contributed by atoms with Gasteiger partial charge in [-0.15, -0.1) is 0 Å². The highest BCUT2D eigenvalue weighted by atomic mass is 16.3. The van der Waals surface area contributed by atoms with Crippen LogP contribution in [0, 0.1) is 11.8 Å². The lowest BCUT2D eigenvalue weighted by Crippen LogP contribution is -2.34. The number of imidazole rings is 1. The second-order valence-electron chi connectivity index (χ2n) is 6.04. The summed E-state index contributed by atoms with van der Waals surface area (Å²) in [4.78, 5) is 6.73. The maximum absolute atomic E-state index is 9.24. The molecule has 1 saturated carbocycles. The molecule has 4 nitrogen and oxygen atoms in total. The third-order valence-electron chi connectivity index (χ3n) is 4.35. The van der Waals surface area contributed by atoms with Crippen LogP contribution in [-0.2, 0) is 13.6 Å². The lowest BCUT2D eigenvalue weighted by Gasteiger charge is -2.31. The summed E-state index contributed by atoms with van der Waals surface area (Å²) in [6, 6.07) is 0. The van der Waals surface area contributed by atoms with Gasteiger partial charge in [0, 0.05) is 32.5 Å². The fourth-order valence-electron chi connectivity index (χ4n) is 3.00. The van der Waals surface area contributed by atoms with Gasteiger partial charge in [-0.2, -0.15) is 0 Å². The Morgan fingerprint density at radius 1 is 1.37 bits per heavy atom. The number of aromatic nitrogens is 2. The number of aryl methyl sites for hydroxylation is 1. The number of rotatable bonds is 6. The van der Waals surface area contributed by atoms with E-state index in [-0.39, 0.29) is 6.61 Å². The van der Waals surface area contributed by atoms with Crippen LogP contribution >= 0.6 is 0 Å². The van der Waals surface area contributed by atoms with E-state index >= 15 is 0 Å². The van der Waals surface area contributed by atoms with Crippen LogP contribution in [0.5, 0.6) is 0 Å². The van der Waals surface area contributed by atoms with Crippen molar-refractivity contribution >= 4 is 0 Å². The third kappa shape index (κ3) is 4.32. The van der Waals surface area contributed by atoms with Crippen LogP contribution in [-0.4, -0.2) is 39.3 Å². The van der Waals surface area contributed by atoms with Gasteiger partial charge in [0.15, 0.2) is 0 Å². The first-order chi connectivity index (χ1) is 9.19. The van der Waals surface area contributed by atoms with Crippen LogP contribution in [0.15, 0.2) is 12.4 Å². The standard InChI is InChI=1S/C15H27N3O/c1-13-3-5-14(6-4-13)11-18(9-10-19)12-15-16-7-8-17(15)2/h7-8,13-14,19H,3-6,9-12H2,1-2H3. The number of hydrogen-bond acceptors (Lipinski definition) is 3. The highest BCUT2D eigenvalue weighted by molar-refractivity contribution is 4.91. The number of aliphatic hydroxyl groups is 1. The summed E-state index contributed by atoms with van der Waals surface area (Å²) in [5.41, 5.74) is 0. The molecule has 0 aliphatic heterocycles. The predicted octanol–water partition coefficient (Wildman–Crippen LogP) is 2.04. The Bertz CT molecular complexity index is 369. The lowest BCUT2D eigenvalue weighted by atomic mass is 9.83. The van der Waals surface area contributed by atoms with E-state index in [1.165, 1.54) is 25.7 Å². The molecule has 1 aliphatic carbocycles. The fourth-order valence-corrected chi connectivity index (χ4v) is 3.00. The van der Waals surface area contributed by atoms with Crippen LogP contribution in [0.1, 0.15) is 38.4 Å². The summed E-state index contributed by atoms with van der Waals surface area (Å²) in [6.45, 7) is 5.28. The monoisotopic (exact) mass is 265 g/mol. The molecule has 1 heterocycles. The molecular formula is C15H27N3O. The van der Waals surface area contributed by atoms with E-state index in [2.05, 4.69) is 21.4 Å². The first kappa shape index (κ1) is 14.5. The average Bonchev–Trinajstić information content (AvgIpc) is 2.78. The van der Waals surface area contributed by atoms with Gasteiger partial charge in [0.25, 0.3) is 0 Å². The maximum atomic E-state index is 9.24. The Labute approximate surface area is 116 Å². The molecule has 0 bridgehead atoms. The fraction of sp³-hybridized carbons (Fsp3) is 0.800. The van der Waals surface area contributed by atoms with Crippen molar-refractivity contribution in [2.45, 2.75) is 39.2 Å². The van der Waals surface area contributed by atoms with E-state index in [1.54, 1.807) is 0 Å². The highest BCUT2D eigenvalue weighted by Crippen LogP contribution is 2.29. The summed E-state index contributed by atoms with van der Waals surface area (Å²) in [5.74, 6) is 2.78. The second kappa shape index (κ2) is 7.06. The van der Waals surface area contributed by atoms with E-state index < -0.39 is 0 Å². The van der Waals surface area contributed by atoms with Gasteiger partial charge < -0.3 is 9.67 Å². The Kier molecular flexibility index (Phi) is 5.40. The van der Waals surface area contributed by atoms with Gasteiger partial charge in [0.2, 0.25) is 0 Å². The smallest absolute Gasteiger partial charge is 0.122 e. The Morgan fingerprint density at radius 2 is 2.11 bits per heavy atom. The van der Waals surface area contributed by atoms with Crippen LogP contribution in [0.3, 0.4) is 0 Å². The van der Waals surface area contributed by atoms with Crippen molar-refractivity contribution in [3.8, 4) is 0 Å². The van der Waals surface area contributed by atoms with Gasteiger partial charge in [0.1, 0.15) is 5.82 Å². The van der Waals surface area contributed by atoms with Crippen molar-refractivity contribution in [1.82, 2.24) is 14.5 Å². The van der Waals surface area contributed by atoms with E-state index in [1.807, 2.05) is 19.4 Å². The molecule has 2 rings (SSSR count). The molecule has 1 N–H and O–H groups in total. The van der Waals surface area contributed by atoms with Crippen molar-refractivity contribution < 1.29 is 5.11 Å². The van der Waals surface area contributed by atoms with Crippen molar-refractivity contribution in [3.63, 3.8) is 0 Å². The van der Waals surface area contributed by atoms with Gasteiger partial charge in [0.05, 0.1) is 13.2 Å². The number of nitrogens with zero attached hydrogens (tertiary/aromatic N) is 3. The quantitative estimate of drug-likeness (QED) is 0.856. The molecule has 0 saturated heterocycles. The van der Waals surface area contributed by atoms with Gasteiger partial charge in [-0.3, -0.25) is 4.90 Å². The summed E-state index contributed by atoms with van der Waals surface area (Å²) < 4.78 is 2.06. The molecule has 0 radical (unpaired) electrons. The summed E-state index contributed by atoms with van der Waals surface area (Å²) >= 11 is 0. The highest BCUT2D eigenvalue weighted by Gasteiger charge is 2.21. The zero-order valence-electron chi connectivity index (χ0n) is 12.3. The Balaban J connectivity index is 1.87. The van der Waals surface area contributed by atoms with E-state index in [0.29, 0.717) is 0 Å². The summed E-state index contributed by atoms with van der Waals surface area (Å²) in [6.07, 6.45) is 9.22. The largest absolute Gasteiger partial charge is 0.395 e. The molecule has 0 unspecified atom stereocenters. The van der Waals surface area contributed by atoms with Crippen LogP contribution in [0.25, 0.3) is 0 Å². The Hall–Kier alpha value is -0.870. The average molecular weight is 265 g/mol. The summed E-state index contributed by atoms with van der Waals surface area (Å²) in [5, 5.41) is 9.24. The molecule has 1 fully saturated rings. The Morgan fingerprint density at radius 3 is 2.68 bits per heavy atom. The lowest BCUT2D eigenvalue weighted by molar-refractivity contribution is 0.143. The van der Waals surface area contributed by atoms with Crippen LogP contribution in [0.2, 0.25) is 0 Å². The minimum atomic E-state index is 0.230. The third-order valence-corrected chi connectivity index (χ3v) is 4.35. The first-order valence-corrected chi connectivity index (χ1v) is 7.48. The van der Waals surface area contributed by atoms with Crippen molar-refractivity contribution in [1.29, 1.82) is 0 Å². The van der Waals surface area contributed by atoms with Crippen molar-refractivity contribution in [2.24, 2.45) is 18.9 Å². The van der Waals surface area contributed by atoms with E-state index in [9.17, 15) is 5.11 Å². The van der Waals surface area contributed by atoms with Gasteiger partial charge in [-0.1, -0.05) is 19.8 Å². The molecule has 4 heteroatoms. The SMILES string of the molecule is CC1CCC(CN(CCO)Cc2nccn2C)CC1. The number of aliphatic hydroxyl groups excluding tert-OH is 1. The molecule has 1 aromatic heterocycles. The van der Waals surface area contributed by atoms with Gasteiger partial charge >= 0.3 is 0 Å². The predicted molar refractivity (Wildman–Crippen MR) is 76.7 cm³/mol. The molecule has 108 valence electrons. The van der Waals surface area contributed by atoms with Gasteiger partial charge in [-0.05, 0) is 24.7 Å². The zero-order valence-corrected chi connectivity index (χ0v) is 12.3. The van der Waals surface area contributed by atoms with Crippen LogP contribution < -0.4 is 0 Å². The molecular weight excluding hydrogens is 238 g/mol. The van der Waals surface area contributed by atoms with Crippen molar-refractivity contribution in [3.05, 3.63) is 18.2 Å². The van der Waals surface area contributed by atoms with Gasteiger partial charge in [-0.25, -0.2) is 4.98 Å². The molecule has 0 atom stereocenters. The minimum Gasteiger partial charge on any atom is -0.395 e. The number of hydrogen-bond donors (Lipinski definition) is 1. The molecule has 1 aliphatic rings. The van der Waals surface area contributed by atoms with Crippen molar-refractivity contribution in [2.75, 3.05) is 19.7 Å². The molecule has 1 aromatic rings. The molecule has 0 spiro atoms.